The number of benzene rings is 6. The second-order valence-electron chi connectivity index (χ2n) is 12.9. The van der Waals surface area contributed by atoms with Crippen molar-refractivity contribution in [2.45, 2.75) is 33.4 Å². The lowest BCUT2D eigenvalue weighted by molar-refractivity contribution is 0.262. The summed E-state index contributed by atoms with van der Waals surface area (Å²) in [6.45, 7) is 3.03. The van der Waals surface area contributed by atoms with Crippen LogP contribution >= 0.6 is 0 Å². The maximum Gasteiger partial charge on any atom is 0.323 e. The molecule has 0 radical (unpaired) electrons. The van der Waals surface area contributed by atoms with E-state index in [2.05, 4.69) is 10.6 Å². The van der Waals surface area contributed by atoms with Crippen LogP contribution in [0.15, 0.2) is 105 Å². The average molecular weight is 839 g/mol. The largest absolute Gasteiger partial charge is 0.506 e. The standard InChI is InChI=1S/C35H26N4O13S4/c1-17-3-11-25-29(33(17)53(43,44)38(25)21-7-9-23-19(15-21)5-13-27(31(23)40)55(47,48)49)36-35(42)37-30-26-12-4-18(2)34(30)54(45,46)39(26)22-8-10-24-20(16-22)6-14-28(32(24)41)56(50,51)52/h3-16,40-41H,1-2H3,(H2,36,37,42)(H,47,48,49)(H,50,51,52). The summed E-state index contributed by atoms with van der Waals surface area (Å²) < 4.78 is 124. The van der Waals surface area contributed by atoms with E-state index >= 15 is 0 Å². The smallest absolute Gasteiger partial charge is 0.323 e. The minimum atomic E-state index is -4.76. The molecule has 6 aromatic rings. The van der Waals surface area contributed by atoms with Crippen molar-refractivity contribution in [3.63, 3.8) is 0 Å². The van der Waals surface area contributed by atoms with Crippen molar-refractivity contribution >= 4 is 102 Å². The van der Waals surface area contributed by atoms with Gasteiger partial charge in [-0.2, -0.15) is 16.8 Å². The van der Waals surface area contributed by atoms with Gasteiger partial charge in [-0.05, 0) is 96.4 Å². The Kier molecular flexibility index (Phi) is 7.93. The molecule has 4 bridgehead atoms. The van der Waals surface area contributed by atoms with Crippen LogP contribution in [-0.2, 0) is 40.3 Å². The van der Waals surface area contributed by atoms with E-state index < -0.39 is 67.6 Å². The van der Waals surface area contributed by atoms with Gasteiger partial charge in [0.2, 0.25) is 0 Å². The first-order valence-electron chi connectivity index (χ1n) is 16.0. The van der Waals surface area contributed by atoms with Crippen molar-refractivity contribution in [2.75, 3.05) is 19.2 Å². The number of rotatable bonds is 6. The summed E-state index contributed by atoms with van der Waals surface area (Å²) in [6.07, 6.45) is 0. The van der Waals surface area contributed by atoms with E-state index in [0.717, 1.165) is 20.7 Å². The highest BCUT2D eigenvalue weighted by atomic mass is 32.2. The van der Waals surface area contributed by atoms with E-state index in [4.69, 9.17) is 0 Å². The summed E-state index contributed by atoms with van der Waals surface area (Å²) in [7, 11) is -18.3. The Morgan fingerprint density at radius 3 is 1.30 bits per heavy atom. The van der Waals surface area contributed by atoms with Gasteiger partial charge in [0, 0.05) is 10.8 Å². The third-order valence-electron chi connectivity index (χ3n) is 9.48. The molecule has 8 rings (SSSR count). The lowest BCUT2D eigenvalue weighted by Crippen LogP contribution is -2.21. The average Bonchev–Trinajstić information content (AvgIpc) is 3.35. The van der Waals surface area contributed by atoms with E-state index in [1.807, 2.05) is 0 Å². The normalized spacial score (nSPS) is 15.4. The van der Waals surface area contributed by atoms with Gasteiger partial charge >= 0.3 is 6.03 Å². The zero-order valence-electron chi connectivity index (χ0n) is 28.6. The van der Waals surface area contributed by atoms with Crippen LogP contribution in [0.1, 0.15) is 11.1 Å². The molecule has 2 aliphatic rings. The fourth-order valence-electron chi connectivity index (χ4n) is 7.08. The summed E-state index contributed by atoms with van der Waals surface area (Å²) in [5.41, 5.74) is 0.435. The number of anilines is 6. The number of sulfonamides is 2. The third-order valence-corrected chi connectivity index (χ3v) is 15.1. The number of nitrogens with zero attached hydrogens (tertiary/aromatic N) is 2. The fourth-order valence-corrected chi connectivity index (χ4v) is 12.0. The van der Waals surface area contributed by atoms with Crippen molar-refractivity contribution in [2.24, 2.45) is 0 Å². The predicted molar refractivity (Wildman–Crippen MR) is 205 cm³/mol. The van der Waals surface area contributed by atoms with Crippen LogP contribution < -0.4 is 19.2 Å². The zero-order chi connectivity index (χ0) is 40.4. The number of phenols is 2. The van der Waals surface area contributed by atoms with Crippen LogP contribution in [0.2, 0.25) is 0 Å². The number of hydrogen-bond donors (Lipinski definition) is 6. The minimum absolute atomic E-state index is 0.00786. The van der Waals surface area contributed by atoms with Crippen molar-refractivity contribution in [3.05, 3.63) is 96.1 Å². The molecule has 288 valence electrons. The maximum atomic E-state index is 14.1. The van der Waals surface area contributed by atoms with Gasteiger partial charge in [0.25, 0.3) is 40.3 Å². The second-order valence-corrected chi connectivity index (χ2v) is 19.1. The van der Waals surface area contributed by atoms with Gasteiger partial charge in [-0.25, -0.2) is 30.2 Å². The van der Waals surface area contributed by atoms with Gasteiger partial charge in [-0.3, -0.25) is 9.11 Å². The van der Waals surface area contributed by atoms with Crippen LogP contribution in [0.5, 0.6) is 11.5 Å². The van der Waals surface area contributed by atoms with E-state index in [0.29, 0.717) is 0 Å². The summed E-state index contributed by atoms with van der Waals surface area (Å²) in [4.78, 5) is 11.8. The van der Waals surface area contributed by atoms with Crippen LogP contribution in [0.3, 0.4) is 0 Å². The molecule has 56 heavy (non-hydrogen) atoms. The lowest BCUT2D eigenvalue weighted by atomic mass is 10.1. The number of hydrogen-bond acceptors (Lipinski definition) is 11. The Bertz CT molecular complexity index is 3050. The van der Waals surface area contributed by atoms with Gasteiger partial charge in [0.15, 0.2) is 0 Å². The molecular formula is C35H26N4O13S4. The van der Waals surface area contributed by atoms with Crippen LogP contribution in [-0.4, -0.2) is 59.0 Å². The Morgan fingerprint density at radius 2 is 0.946 bits per heavy atom. The lowest BCUT2D eigenvalue weighted by Gasteiger charge is -2.19. The van der Waals surface area contributed by atoms with E-state index in [9.17, 15) is 57.8 Å². The van der Waals surface area contributed by atoms with Gasteiger partial charge in [-0.1, -0.05) is 24.3 Å². The third kappa shape index (κ3) is 5.42. The molecule has 0 unspecified atom stereocenters. The number of nitrogens with one attached hydrogen (secondary N) is 2. The van der Waals surface area contributed by atoms with E-state index in [1.54, 1.807) is 0 Å². The van der Waals surface area contributed by atoms with Crippen LogP contribution in [0.4, 0.5) is 38.9 Å². The highest BCUT2D eigenvalue weighted by Crippen LogP contribution is 2.52. The summed E-state index contributed by atoms with van der Waals surface area (Å²) >= 11 is 0. The molecule has 17 nitrogen and oxygen atoms in total. The molecule has 0 saturated heterocycles. The molecule has 2 aliphatic heterocycles. The molecule has 0 saturated carbocycles. The van der Waals surface area contributed by atoms with Crippen LogP contribution in [0, 0.1) is 13.8 Å². The number of fused-ring (bicyclic) bond motifs is 6. The second kappa shape index (κ2) is 12.0. The first kappa shape index (κ1) is 37.0. The summed E-state index contributed by atoms with van der Waals surface area (Å²) in [5.74, 6) is -1.48. The van der Waals surface area contributed by atoms with Crippen molar-refractivity contribution in [1.82, 2.24) is 0 Å². The van der Waals surface area contributed by atoms with Crippen molar-refractivity contribution in [3.8, 4) is 11.5 Å². The number of phenolic OH excluding ortho intramolecular Hbond substituents is 2. The monoisotopic (exact) mass is 838 g/mol. The number of carbonyl (C=O) groups is 1. The molecule has 21 heteroatoms. The number of carbonyl (C=O) groups excluding carboxylic acids is 1. The maximum absolute atomic E-state index is 14.1. The highest BCUT2D eigenvalue weighted by Gasteiger charge is 2.43. The van der Waals surface area contributed by atoms with Gasteiger partial charge in [0.05, 0.1) is 34.1 Å². The van der Waals surface area contributed by atoms with Crippen molar-refractivity contribution in [1.29, 1.82) is 0 Å². The molecule has 0 spiro atoms. The first-order chi connectivity index (χ1) is 26.1. The van der Waals surface area contributed by atoms with Gasteiger partial charge in [-0.15, -0.1) is 0 Å². The Labute approximate surface area is 318 Å². The number of aryl methyl sites for hydroxylation is 2. The van der Waals surface area contributed by atoms with Crippen LogP contribution in [0.25, 0.3) is 21.5 Å². The van der Waals surface area contributed by atoms with E-state index in [1.165, 1.54) is 86.6 Å². The number of urea groups is 1. The molecule has 0 aliphatic carbocycles. The van der Waals surface area contributed by atoms with Crippen molar-refractivity contribution < 1.29 is 57.8 Å². The Balaban J connectivity index is 1.15. The van der Waals surface area contributed by atoms with Gasteiger partial charge < -0.3 is 20.8 Å². The van der Waals surface area contributed by atoms with Gasteiger partial charge in [0.1, 0.15) is 31.1 Å². The molecule has 2 amide bonds. The quantitative estimate of drug-likeness (QED) is 0.108. The minimum Gasteiger partial charge on any atom is -0.506 e. The number of aromatic hydroxyl groups is 2. The highest BCUT2D eigenvalue weighted by molar-refractivity contribution is 7.94. The molecular weight excluding hydrogens is 813 g/mol. The SMILES string of the molecule is Cc1ccc2c(NC(=O)Nc3c4ccc(C)c3S(=O)(=O)N4c3ccc4c(O)c(S(=O)(=O)O)ccc4c3)c1S(=O)(=O)N2c1ccc2c(O)c(S(=O)(=O)O)ccc2c1. The summed E-state index contributed by atoms with van der Waals surface area (Å²) in [6, 6.07) is 17.3. The Morgan fingerprint density at radius 1 is 0.571 bits per heavy atom. The number of amides is 2. The Hall–Kier alpha value is -5.97. The molecule has 6 aromatic carbocycles. The molecule has 0 fully saturated rings. The predicted octanol–water partition coefficient (Wildman–Crippen LogP) is 5.84. The molecule has 2 heterocycles. The molecule has 0 aromatic heterocycles. The molecule has 0 atom stereocenters. The summed E-state index contributed by atoms with van der Waals surface area (Å²) in [5, 5.41) is 26.6. The first-order valence-corrected chi connectivity index (χ1v) is 21.8. The topological polar surface area (TPSA) is 265 Å². The fraction of sp³-hybridized carbons (Fsp3) is 0.0571. The zero-order valence-corrected chi connectivity index (χ0v) is 31.8. The van der Waals surface area contributed by atoms with E-state index in [-0.39, 0.29) is 76.6 Å². The molecule has 6 N–H and O–H groups in total.